The average Bonchev–Trinajstić information content (AvgIpc) is 2.73. The number of hydrogen-bond acceptors (Lipinski definition) is 4. The molecular weight excluding hydrogens is 230 g/mol. The van der Waals surface area contributed by atoms with Gasteiger partial charge in [0.1, 0.15) is 5.60 Å². The Morgan fingerprint density at radius 2 is 2.17 bits per heavy atom. The minimum Gasteiger partial charge on any atom is -0.460 e. The molecule has 1 N–H and O–H groups in total. The van der Waals surface area contributed by atoms with Crippen LogP contribution in [0.25, 0.3) is 0 Å². The number of rotatable bonds is 7. The molecule has 1 aromatic rings. The van der Waals surface area contributed by atoms with Gasteiger partial charge in [-0.2, -0.15) is 5.10 Å². The lowest BCUT2D eigenvalue weighted by Crippen LogP contribution is -2.27. The monoisotopic (exact) mass is 253 g/mol. The van der Waals surface area contributed by atoms with Gasteiger partial charge in [-0.1, -0.05) is 0 Å². The molecule has 0 aromatic carbocycles. The number of nitrogens with one attached hydrogen (secondary N) is 1. The van der Waals surface area contributed by atoms with Crippen LogP contribution in [0.5, 0.6) is 0 Å². The number of carbonyl (C=O) groups excluding carboxylic acids is 1. The molecule has 5 nitrogen and oxygen atoms in total. The lowest BCUT2D eigenvalue weighted by Gasteiger charge is -2.19. The SMILES string of the molecule is CC(C)(C)OC(=O)CCNCCCn1cccn1. The first kappa shape index (κ1) is 14.7. The first-order valence-electron chi connectivity index (χ1n) is 6.37. The molecule has 0 unspecified atom stereocenters. The molecule has 1 heterocycles. The number of carbonyl (C=O) groups is 1. The molecule has 0 spiro atoms. The van der Waals surface area contributed by atoms with Gasteiger partial charge in [0.15, 0.2) is 0 Å². The van der Waals surface area contributed by atoms with E-state index >= 15 is 0 Å². The number of aryl methyl sites for hydroxylation is 1. The van der Waals surface area contributed by atoms with E-state index in [1.165, 1.54) is 0 Å². The van der Waals surface area contributed by atoms with Gasteiger partial charge < -0.3 is 10.1 Å². The van der Waals surface area contributed by atoms with Gasteiger partial charge in [-0.05, 0) is 39.8 Å². The minimum absolute atomic E-state index is 0.151. The summed E-state index contributed by atoms with van der Waals surface area (Å²) in [6.07, 6.45) is 5.13. The Labute approximate surface area is 109 Å². The molecule has 0 saturated heterocycles. The predicted octanol–water partition coefficient (Wildman–Crippen LogP) is 1.59. The zero-order valence-corrected chi connectivity index (χ0v) is 11.5. The van der Waals surface area contributed by atoms with Gasteiger partial charge in [0.25, 0.3) is 0 Å². The van der Waals surface area contributed by atoms with Gasteiger partial charge in [-0.3, -0.25) is 9.48 Å². The summed E-state index contributed by atoms with van der Waals surface area (Å²) in [6.45, 7) is 8.07. The van der Waals surface area contributed by atoms with Crippen molar-refractivity contribution in [3.8, 4) is 0 Å². The molecule has 0 fully saturated rings. The molecule has 0 amide bonds. The van der Waals surface area contributed by atoms with E-state index in [1.807, 2.05) is 37.7 Å². The second kappa shape index (κ2) is 7.16. The van der Waals surface area contributed by atoms with E-state index < -0.39 is 5.60 Å². The molecule has 1 rings (SSSR count). The Kier molecular flexibility index (Phi) is 5.85. The zero-order valence-electron chi connectivity index (χ0n) is 11.5. The average molecular weight is 253 g/mol. The van der Waals surface area contributed by atoms with Crippen LogP contribution in [0.4, 0.5) is 0 Å². The van der Waals surface area contributed by atoms with E-state index in [4.69, 9.17) is 4.74 Å². The van der Waals surface area contributed by atoms with Gasteiger partial charge in [0, 0.05) is 25.5 Å². The topological polar surface area (TPSA) is 56.1 Å². The molecule has 1 aromatic heterocycles. The Morgan fingerprint density at radius 1 is 1.39 bits per heavy atom. The fraction of sp³-hybridized carbons (Fsp3) is 0.692. The second-order valence-electron chi connectivity index (χ2n) is 5.21. The number of ether oxygens (including phenoxy) is 1. The minimum atomic E-state index is -0.392. The van der Waals surface area contributed by atoms with Crippen LogP contribution in [0.15, 0.2) is 18.5 Å². The van der Waals surface area contributed by atoms with E-state index in [0.29, 0.717) is 13.0 Å². The van der Waals surface area contributed by atoms with Crippen molar-refractivity contribution in [3.63, 3.8) is 0 Å². The smallest absolute Gasteiger partial charge is 0.307 e. The summed E-state index contributed by atoms with van der Waals surface area (Å²) in [4.78, 5) is 11.4. The molecule has 0 aliphatic carbocycles. The number of nitrogens with zero attached hydrogens (tertiary/aromatic N) is 2. The lowest BCUT2D eigenvalue weighted by atomic mass is 10.2. The molecule has 0 aliphatic heterocycles. The third-order valence-electron chi connectivity index (χ3n) is 2.23. The van der Waals surface area contributed by atoms with Crippen molar-refractivity contribution in [1.29, 1.82) is 0 Å². The van der Waals surface area contributed by atoms with Crippen LogP contribution in [-0.2, 0) is 16.1 Å². The van der Waals surface area contributed by atoms with Crippen molar-refractivity contribution in [2.75, 3.05) is 13.1 Å². The summed E-state index contributed by atoms with van der Waals surface area (Å²) in [5.41, 5.74) is -0.392. The Bertz CT molecular complexity index is 342. The van der Waals surface area contributed by atoms with Crippen LogP contribution in [0.2, 0.25) is 0 Å². The van der Waals surface area contributed by atoms with Crippen molar-refractivity contribution in [1.82, 2.24) is 15.1 Å². The van der Waals surface area contributed by atoms with Crippen LogP contribution < -0.4 is 5.32 Å². The molecule has 0 bridgehead atoms. The highest BCUT2D eigenvalue weighted by Crippen LogP contribution is 2.07. The van der Waals surface area contributed by atoms with Gasteiger partial charge in [-0.25, -0.2) is 0 Å². The lowest BCUT2D eigenvalue weighted by molar-refractivity contribution is -0.154. The standard InChI is InChI=1S/C13H23N3O2/c1-13(2,3)18-12(17)6-9-14-7-4-10-16-11-5-8-15-16/h5,8,11,14H,4,6-7,9-10H2,1-3H3. The number of hydrogen-bond donors (Lipinski definition) is 1. The number of esters is 1. The highest BCUT2D eigenvalue weighted by atomic mass is 16.6. The van der Waals surface area contributed by atoms with Crippen LogP contribution in [0.3, 0.4) is 0 Å². The molecule has 0 radical (unpaired) electrons. The highest BCUT2D eigenvalue weighted by molar-refractivity contribution is 5.70. The number of aromatic nitrogens is 2. The fourth-order valence-electron chi connectivity index (χ4n) is 1.51. The Morgan fingerprint density at radius 3 is 2.78 bits per heavy atom. The van der Waals surface area contributed by atoms with Gasteiger partial charge in [0.05, 0.1) is 6.42 Å². The van der Waals surface area contributed by atoms with Crippen LogP contribution in [0.1, 0.15) is 33.6 Å². The summed E-state index contributed by atoms with van der Waals surface area (Å²) in [6, 6.07) is 1.91. The molecule has 102 valence electrons. The van der Waals surface area contributed by atoms with Crippen LogP contribution >= 0.6 is 0 Å². The molecule has 0 saturated carbocycles. The quantitative estimate of drug-likeness (QED) is 0.592. The molecular formula is C13H23N3O2. The third-order valence-corrected chi connectivity index (χ3v) is 2.23. The fourth-order valence-corrected chi connectivity index (χ4v) is 1.51. The summed E-state index contributed by atoms with van der Waals surface area (Å²) >= 11 is 0. The van der Waals surface area contributed by atoms with Crippen molar-refractivity contribution in [3.05, 3.63) is 18.5 Å². The first-order valence-corrected chi connectivity index (χ1v) is 6.37. The third kappa shape index (κ3) is 7.06. The normalized spacial score (nSPS) is 11.5. The van der Waals surface area contributed by atoms with E-state index in [-0.39, 0.29) is 5.97 Å². The van der Waals surface area contributed by atoms with Crippen LogP contribution in [-0.4, -0.2) is 34.4 Å². The van der Waals surface area contributed by atoms with E-state index in [1.54, 1.807) is 6.20 Å². The Balaban J connectivity index is 1.97. The molecule has 5 heteroatoms. The summed E-state index contributed by atoms with van der Waals surface area (Å²) < 4.78 is 7.11. The van der Waals surface area contributed by atoms with Crippen molar-refractivity contribution in [2.24, 2.45) is 0 Å². The first-order chi connectivity index (χ1) is 8.47. The largest absolute Gasteiger partial charge is 0.460 e. The van der Waals surface area contributed by atoms with Crippen molar-refractivity contribution < 1.29 is 9.53 Å². The maximum Gasteiger partial charge on any atom is 0.307 e. The van der Waals surface area contributed by atoms with Gasteiger partial charge >= 0.3 is 5.97 Å². The predicted molar refractivity (Wildman–Crippen MR) is 70.2 cm³/mol. The van der Waals surface area contributed by atoms with Gasteiger partial charge in [0.2, 0.25) is 0 Å². The van der Waals surface area contributed by atoms with Crippen molar-refractivity contribution in [2.45, 2.75) is 45.8 Å². The summed E-state index contributed by atoms with van der Waals surface area (Å²) in [5.74, 6) is -0.151. The molecule has 0 aliphatic rings. The maximum atomic E-state index is 11.4. The highest BCUT2D eigenvalue weighted by Gasteiger charge is 2.15. The van der Waals surface area contributed by atoms with E-state index in [2.05, 4.69) is 10.4 Å². The summed E-state index contributed by atoms with van der Waals surface area (Å²) in [5, 5.41) is 7.34. The molecule has 0 atom stereocenters. The van der Waals surface area contributed by atoms with Crippen LogP contribution in [0, 0.1) is 0 Å². The van der Waals surface area contributed by atoms with E-state index in [0.717, 1.165) is 19.5 Å². The zero-order chi connectivity index (χ0) is 13.4. The van der Waals surface area contributed by atoms with Gasteiger partial charge in [-0.15, -0.1) is 0 Å². The maximum absolute atomic E-state index is 11.4. The second-order valence-corrected chi connectivity index (χ2v) is 5.21. The van der Waals surface area contributed by atoms with E-state index in [9.17, 15) is 4.79 Å². The molecule has 18 heavy (non-hydrogen) atoms. The van der Waals surface area contributed by atoms with Crippen molar-refractivity contribution >= 4 is 5.97 Å². The Hall–Kier alpha value is -1.36. The summed E-state index contributed by atoms with van der Waals surface area (Å²) in [7, 11) is 0.